The molecule has 0 aliphatic rings. The molecule has 3 N–H and O–H groups in total. The Hall–Kier alpha value is -1.59. The van der Waals surface area contributed by atoms with Crippen molar-refractivity contribution in [2.75, 3.05) is 17.7 Å². The number of nitrogens with two attached hydrogens (primary N) is 1. The fourth-order valence-electron chi connectivity index (χ4n) is 1.87. The van der Waals surface area contributed by atoms with Crippen LogP contribution in [0.2, 0.25) is 0 Å². The van der Waals surface area contributed by atoms with Gasteiger partial charge in [-0.15, -0.1) is 0 Å². The number of anilines is 2. The molecule has 1 aromatic heterocycles. The monoisotopic (exact) mass is 253 g/mol. The Kier molecular flexibility index (Phi) is 5.12. The summed E-state index contributed by atoms with van der Waals surface area (Å²) in [5.74, 6) is 0.657. The van der Waals surface area contributed by atoms with Crippen LogP contribution in [0.1, 0.15) is 47.0 Å². The van der Waals surface area contributed by atoms with E-state index >= 15 is 0 Å². The van der Waals surface area contributed by atoms with E-state index in [4.69, 9.17) is 10.5 Å². The maximum atomic E-state index is 5.65. The number of nitrogens with zero attached hydrogens (tertiary/aromatic N) is 3. The molecule has 0 fully saturated rings. The third-order valence-corrected chi connectivity index (χ3v) is 3.31. The van der Waals surface area contributed by atoms with Crippen molar-refractivity contribution in [3.8, 4) is 6.01 Å². The number of aromatic nitrogens is 3. The summed E-state index contributed by atoms with van der Waals surface area (Å²) in [6.45, 7) is 8.82. The van der Waals surface area contributed by atoms with Gasteiger partial charge < -0.3 is 15.8 Å². The molecule has 6 heteroatoms. The normalized spacial score (nSPS) is 11.3. The van der Waals surface area contributed by atoms with E-state index in [1.807, 2.05) is 6.92 Å². The average Bonchev–Trinajstić information content (AvgIpc) is 2.36. The summed E-state index contributed by atoms with van der Waals surface area (Å²) in [4.78, 5) is 12.3. The predicted molar refractivity (Wildman–Crippen MR) is 72.6 cm³/mol. The van der Waals surface area contributed by atoms with Crippen LogP contribution < -0.4 is 15.8 Å². The van der Waals surface area contributed by atoms with Crippen molar-refractivity contribution < 1.29 is 4.74 Å². The van der Waals surface area contributed by atoms with Crippen molar-refractivity contribution in [1.82, 2.24) is 15.0 Å². The topological polar surface area (TPSA) is 86.0 Å². The Morgan fingerprint density at radius 3 is 2.17 bits per heavy atom. The number of hydrogen-bond donors (Lipinski definition) is 2. The van der Waals surface area contributed by atoms with E-state index in [9.17, 15) is 0 Å². The maximum Gasteiger partial charge on any atom is 0.323 e. The highest BCUT2D eigenvalue weighted by molar-refractivity contribution is 5.35. The van der Waals surface area contributed by atoms with Crippen LogP contribution in [0.15, 0.2) is 0 Å². The molecule has 1 heterocycles. The van der Waals surface area contributed by atoms with Gasteiger partial charge in [0.25, 0.3) is 0 Å². The second kappa shape index (κ2) is 6.37. The van der Waals surface area contributed by atoms with Crippen LogP contribution in [0.3, 0.4) is 0 Å². The predicted octanol–water partition coefficient (Wildman–Crippen LogP) is 2.23. The third kappa shape index (κ3) is 3.45. The summed E-state index contributed by atoms with van der Waals surface area (Å²) < 4.78 is 5.26. The van der Waals surface area contributed by atoms with Gasteiger partial charge in [0, 0.05) is 5.54 Å². The fraction of sp³-hybridized carbons (Fsp3) is 0.750. The minimum Gasteiger partial charge on any atom is -0.464 e. The van der Waals surface area contributed by atoms with Crippen LogP contribution >= 0.6 is 0 Å². The fourth-order valence-corrected chi connectivity index (χ4v) is 1.87. The molecular formula is C12H23N5O. The largest absolute Gasteiger partial charge is 0.464 e. The second-order valence-corrected chi connectivity index (χ2v) is 4.20. The quantitative estimate of drug-likeness (QED) is 0.775. The molecule has 0 aromatic carbocycles. The molecule has 1 rings (SSSR count). The van der Waals surface area contributed by atoms with Gasteiger partial charge in [0.15, 0.2) is 0 Å². The van der Waals surface area contributed by atoms with E-state index < -0.39 is 0 Å². The molecule has 0 aliphatic heterocycles. The Balaban J connectivity index is 2.95. The highest BCUT2D eigenvalue weighted by Gasteiger charge is 2.25. The third-order valence-electron chi connectivity index (χ3n) is 3.31. The zero-order valence-electron chi connectivity index (χ0n) is 11.7. The van der Waals surface area contributed by atoms with Gasteiger partial charge in [-0.25, -0.2) is 0 Å². The van der Waals surface area contributed by atoms with Gasteiger partial charge in [-0.1, -0.05) is 20.8 Å². The first-order valence-corrected chi connectivity index (χ1v) is 6.51. The standard InChI is InChI=1S/C12H23N5O/c1-5-12(6-2,7-3)17-10-14-9(13)15-11(16-10)18-8-4/h5-8H2,1-4H3,(H3,13,14,15,16,17). The molecule has 0 amide bonds. The van der Waals surface area contributed by atoms with E-state index in [2.05, 4.69) is 41.0 Å². The van der Waals surface area contributed by atoms with E-state index in [1.165, 1.54) is 0 Å². The van der Waals surface area contributed by atoms with Crippen LogP contribution in [0.5, 0.6) is 6.01 Å². The smallest absolute Gasteiger partial charge is 0.323 e. The van der Waals surface area contributed by atoms with Gasteiger partial charge in [-0.2, -0.15) is 15.0 Å². The number of rotatable bonds is 7. The van der Waals surface area contributed by atoms with Crippen molar-refractivity contribution in [3.63, 3.8) is 0 Å². The van der Waals surface area contributed by atoms with Gasteiger partial charge in [0.05, 0.1) is 6.61 Å². The van der Waals surface area contributed by atoms with Crippen LogP contribution in [0, 0.1) is 0 Å². The van der Waals surface area contributed by atoms with Gasteiger partial charge in [0.2, 0.25) is 11.9 Å². The van der Waals surface area contributed by atoms with E-state index in [0.29, 0.717) is 12.6 Å². The van der Waals surface area contributed by atoms with Crippen molar-refractivity contribution in [2.24, 2.45) is 0 Å². The van der Waals surface area contributed by atoms with Crippen LogP contribution in [-0.2, 0) is 0 Å². The van der Waals surface area contributed by atoms with Gasteiger partial charge >= 0.3 is 6.01 Å². The molecule has 6 nitrogen and oxygen atoms in total. The SMILES string of the molecule is CCOc1nc(N)nc(NC(CC)(CC)CC)n1. The summed E-state index contributed by atoms with van der Waals surface area (Å²) in [7, 11) is 0. The molecule has 102 valence electrons. The minimum atomic E-state index is -0.00270. The molecule has 0 radical (unpaired) electrons. The lowest BCUT2D eigenvalue weighted by atomic mass is 9.90. The van der Waals surface area contributed by atoms with E-state index in [1.54, 1.807) is 0 Å². The van der Waals surface area contributed by atoms with E-state index in [0.717, 1.165) is 19.3 Å². The van der Waals surface area contributed by atoms with Crippen LogP contribution in [-0.4, -0.2) is 27.1 Å². The van der Waals surface area contributed by atoms with Gasteiger partial charge in [-0.05, 0) is 26.2 Å². The summed E-state index contributed by atoms with van der Waals surface area (Å²) >= 11 is 0. The summed E-state index contributed by atoms with van der Waals surface area (Å²) in [5.41, 5.74) is 5.65. The molecular weight excluding hydrogens is 230 g/mol. The Morgan fingerprint density at radius 2 is 1.67 bits per heavy atom. The average molecular weight is 253 g/mol. The lowest BCUT2D eigenvalue weighted by molar-refractivity contribution is 0.312. The Morgan fingerprint density at radius 1 is 1.06 bits per heavy atom. The molecule has 1 aromatic rings. The lowest BCUT2D eigenvalue weighted by Crippen LogP contribution is -2.37. The van der Waals surface area contributed by atoms with Crippen LogP contribution in [0.25, 0.3) is 0 Å². The highest BCUT2D eigenvalue weighted by atomic mass is 16.5. The molecule has 0 atom stereocenters. The summed E-state index contributed by atoms with van der Waals surface area (Å²) in [6, 6.07) is 0.268. The summed E-state index contributed by atoms with van der Waals surface area (Å²) in [6.07, 6.45) is 2.99. The second-order valence-electron chi connectivity index (χ2n) is 4.20. The van der Waals surface area contributed by atoms with E-state index in [-0.39, 0.29) is 17.5 Å². The molecule has 0 saturated carbocycles. The Bertz CT molecular complexity index is 370. The first-order valence-electron chi connectivity index (χ1n) is 6.51. The molecule has 0 saturated heterocycles. The first-order chi connectivity index (χ1) is 8.59. The minimum absolute atomic E-state index is 0.00270. The molecule has 0 bridgehead atoms. The summed E-state index contributed by atoms with van der Waals surface area (Å²) in [5, 5.41) is 3.36. The molecule has 0 aliphatic carbocycles. The molecule has 18 heavy (non-hydrogen) atoms. The van der Waals surface area contributed by atoms with Crippen LogP contribution in [0.4, 0.5) is 11.9 Å². The zero-order chi connectivity index (χ0) is 13.6. The number of hydrogen-bond acceptors (Lipinski definition) is 6. The molecule has 0 spiro atoms. The van der Waals surface area contributed by atoms with Crippen molar-refractivity contribution in [2.45, 2.75) is 52.5 Å². The number of ether oxygens (including phenoxy) is 1. The number of nitrogens with one attached hydrogen (secondary N) is 1. The Labute approximate surface area is 108 Å². The first kappa shape index (κ1) is 14.5. The van der Waals surface area contributed by atoms with Crippen molar-refractivity contribution in [1.29, 1.82) is 0 Å². The van der Waals surface area contributed by atoms with Gasteiger partial charge in [0.1, 0.15) is 0 Å². The van der Waals surface area contributed by atoms with Crippen molar-refractivity contribution >= 4 is 11.9 Å². The van der Waals surface area contributed by atoms with Crippen molar-refractivity contribution in [3.05, 3.63) is 0 Å². The number of nitrogen functional groups attached to an aromatic ring is 1. The zero-order valence-corrected chi connectivity index (χ0v) is 11.7. The molecule has 0 unspecified atom stereocenters. The van der Waals surface area contributed by atoms with Gasteiger partial charge in [-0.3, -0.25) is 0 Å². The highest BCUT2D eigenvalue weighted by Crippen LogP contribution is 2.24. The lowest BCUT2D eigenvalue weighted by Gasteiger charge is -2.31. The maximum absolute atomic E-state index is 5.65.